The number of nitrogens with one attached hydrogen (secondary N) is 2. The van der Waals surface area contributed by atoms with Gasteiger partial charge in [0, 0.05) is 6.54 Å². The van der Waals surface area contributed by atoms with Gasteiger partial charge in [-0.1, -0.05) is 42.5 Å². The summed E-state index contributed by atoms with van der Waals surface area (Å²) in [6.07, 6.45) is 3.53. The van der Waals surface area contributed by atoms with Crippen LogP contribution in [-0.4, -0.2) is 34.8 Å². The van der Waals surface area contributed by atoms with Crippen LogP contribution < -0.4 is 10.6 Å². The number of aromatic nitrogens is 3. The monoisotopic (exact) mass is 363 g/mol. The van der Waals surface area contributed by atoms with Crippen LogP contribution in [0.4, 0.5) is 17.5 Å². The number of aryl methyl sites for hydroxylation is 1. The van der Waals surface area contributed by atoms with Crippen LogP contribution in [0.1, 0.15) is 22.3 Å². The highest BCUT2D eigenvalue weighted by Gasteiger charge is 2.12. The van der Waals surface area contributed by atoms with Crippen molar-refractivity contribution >= 4 is 23.4 Å². The Morgan fingerprint density at radius 2 is 1.85 bits per heavy atom. The van der Waals surface area contributed by atoms with Crippen molar-refractivity contribution in [1.82, 2.24) is 15.2 Å². The summed E-state index contributed by atoms with van der Waals surface area (Å²) in [6, 6.07) is 17.3. The number of benzene rings is 2. The molecule has 1 heterocycles. The average molecular weight is 363 g/mol. The minimum Gasteiger partial charge on any atom is -0.465 e. The van der Waals surface area contributed by atoms with E-state index in [0.29, 0.717) is 23.0 Å². The summed E-state index contributed by atoms with van der Waals surface area (Å²) < 4.78 is 4.79. The number of esters is 1. The molecule has 1 aromatic heterocycles. The molecule has 3 aromatic rings. The summed E-state index contributed by atoms with van der Waals surface area (Å²) in [5.74, 6) is 0.497. The fraction of sp³-hybridized carbons (Fsp3) is 0.200. The van der Waals surface area contributed by atoms with E-state index in [1.165, 1.54) is 12.7 Å². The second-order valence-corrected chi connectivity index (χ2v) is 5.84. The molecule has 0 radical (unpaired) electrons. The molecule has 0 aliphatic heterocycles. The normalized spacial score (nSPS) is 10.3. The topological polar surface area (TPSA) is 89.0 Å². The van der Waals surface area contributed by atoms with E-state index in [9.17, 15) is 4.79 Å². The SMILES string of the molecule is COC(=O)c1ccccc1Nc1nncc(NCCCc2ccccc2)n1. The van der Waals surface area contributed by atoms with Crippen LogP contribution in [-0.2, 0) is 11.2 Å². The van der Waals surface area contributed by atoms with Crippen LogP contribution in [0.25, 0.3) is 0 Å². The van der Waals surface area contributed by atoms with Crippen LogP contribution >= 0.6 is 0 Å². The number of methoxy groups -OCH3 is 1. The van der Waals surface area contributed by atoms with Crippen molar-refractivity contribution in [2.24, 2.45) is 0 Å². The number of ether oxygens (including phenoxy) is 1. The van der Waals surface area contributed by atoms with E-state index in [4.69, 9.17) is 4.74 Å². The van der Waals surface area contributed by atoms with Crippen molar-refractivity contribution < 1.29 is 9.53 Å². The number of hydrogen-bond acceptors (Lipinski definition) is 7. The van der Waals surface area contributed by atoms with Gasteiger partial charge >= 0.3 is 5.97 Å². The Hall–Kier alpha value is -3.48. The summed E-state index contributed by atoms with van der Waals surface area (Å²) in [5, 5.41) is 14.2. The number of para-hydroxylation sites is 1. The van der Waals surface area contributed by atoms with Crippen molar-refractivity contribution in [2.45, 2.75) is 12.8 Å². The highest BCUT2D eigenvalue weighted by atomic mass is 16.5. The Balaban J connectivity index is 1.58. The number of hydrogen-bond donors (Lipinski definition) is 2. The van der Waals surface area contributed by atoms with E-state index in [1.807, 2.05) is 24.3 Å². The van der Waals surface area contributed by atoms with Crippen LogP contribution in [0.3, 0.4) is 0 Å². The third-order valence-electron chi connectivity index (χ3n) is 3.93. The minimum atomic E-state index is -0.429. The first-order valence-electron chi connectivity index (χ1n) is 8.68. The summed E-state index contributed by atoms with van der Waals surface area (Å²) in [6.45, 7) is 0.770. The second kappa shape index (κ2) is 9.28. The molecule has 7 nitrogen and oxygen atoms in total. The first-order chi connectivity index (χ1) is 13.3. The Kier molecular flexibility index (Phi) is 6.30. The highest BCUT2D eigenvalue weighted by molar-refractivity contribution is 5.96. The van der Waals surface area contributed by atoms with Gasteiger partial charge in [-0.05, 0) is 30.5 Å². The Bertz CT molecular complexity index is 886. The molecule has 2 N–H and O–H groups in total. The molecule has 0 aliphatic carbocycles. The highest BCUT2D eigenvalue weighted by Crippen LogP contribution is 2.19. The van der Waals surface area contributed by atoms with E-state index in [1.54, 1.807) is 24.4 Å². The number of carbonyl (C=O) groups excluding carboxylic acids is 1. The maximum absolute atomic E-state index is 11.9. The minimum absolute atomic E-state index is 0.305. The van der Waals surface area contributed by atoms with Crippen LogP contribution in [0, 0.1) is 0 Å². The summed E-state index contributed by atoms with van der Waals surface area (Å²) in [4.78, 5) is 16.2. The molecule has 0 bridgehead atoms. The van der Waals surface area contributed by atoms with E-state index < -0.39 is 5.97 Å². The Morgan fingerprint density at radius 1 is 1.07 bits per heavy atom. The lowest BCUT2D eigenvalue weighted by molar-refractivity contribution is 0.0602. The number of anilines is 3. The van der Waals surface area contributed by atoms with Crippen LogP contribution in [0.15, 0.2) is 60.8 Å². The van der Waals surface area contributed by atoms with E-state index in [2.05, 4.69) is 37.9 Å². The molecule has 138 valence electrons. The van der Waals surface area contributed by atoms with Gasteiger partial charge in [-0.25, -0.2) is 4.79 Å². The predicted octanol–water partition coefficient (Wildman–Crippen LogP) is 3.45. The molecule has 0 spiro atoms. The van der Waals surface area contributed by atoms with Gasteiger partial charge in [0.25, 0.3) is 0 Å². The van der Waals surface area contributed by atoms with Gasteiger partial charge in [0.1, 0.15) is 0 Å². The largest absolute Gasteiger partial charge is 0.465 e. The smallest absolute Gasteiger partial charge is 0.339 e. The van der Waals surface area contributed by atoms with Gasteiger partial charge in [-0.3, -0.25) is 0 Å². The molecule has 0 atom stereocenters. The average Bonchev–Trinajstić information content (AvgIpc) is 2.72. The predicted molar refractivity (Wildman–Crippen MR) is 104 cm³/mol. The first kappa shape index (κ1) is 18.3. The lowest BCUT2D eigenvalue weighted by Crippen LogP contribution is -2.09. The lowest BCUT2D eigenvalue weighted by atomic mass is 10.1. The standard InChI is InChI=1S/C20H21N5O2/c1-27-19(26)16-11-5-6-12-17(16)23-20-24-18(14-22-25-20)21-13-7-10-15-8-3-2-4-9-15/h2-6,8-9,11-12,14H,7,10,13H2,1H3,(H2,21,23,24,25). The molecule has 0 saturated carbocycles. The van der Waals surface area contributed by atoms with E-state index >= 15 is 0 Å². The Labute approximate surface area is 157 Å². The molecular weight excluding hydrogens is 342 g/mol. The molecule has 0 saturated heterocycles. The van der Waals surface area contributed by atoms with Gasteiger partial charge in [0.05, 0.1) is 24.6 Å². The van der Waals surface area contributed by atoms with Gasteiger partial charge in [-0.15, -0.1) is 5.10 Å². The zero-order valence-electron chi connectivity index (χ0n) is 15.1. The van der Waals surface area contributed by atoms with Crippen LogP contribution in [0.2, 0.25) is 0 Å². The Morgan fingerprint density at radius 3 is 2.67 bits per heavy atom. The maximum Gasteiger partial charge on any atom is 0.339 e. The van der Waals surface area contributed by atoms with Crippen molar-refractivity contribution in [1.29, 1.82) is 0 Å². The zero-order valence-corrected chi connectivity index (χ0v) is 15.1. The van der Waals surface area contributed by atoms with Crippen LogP contribution in [0.5, 0.6) is 0 Å². The molecule has 0 aliphatic rings. The fourth-order valence-electron chi connectivity index (χ4n) is 2.60. The molecule has 0 amide bonds. The zero-order chi connectivity index (χ0) is 18.9. The van der Waals surface area contributed by atoms with Gasteiger partial charge in [0.2, 0.25) is 5.95 Å². The van der Waals surface area contributed by atoms with Crippen molar-refractivity contribution in [3.05, 3.63) is 71.9 Å². The maximum atomic E-state index is 11.9. The van der Waals surface area contributed by atoms with Gasteiger partial charge in [-0.2, -0.15) is 10.1 Å². The quantitative estimate of drug-likeness (QED) is 0.468. The third kappa shape index (κ3) is 5.24. The molecule has 27 heavy (non-hydrogen) atoms. The first-order valence-corrected chi connectivity index (χ1v) is 8.68. The fourth-order valence-corrected chi connectivity index (χ4v) is 2.60. The molecule has 7 heteroatoms. The summed E-state index contributed by atoms with van der Waals surface area (Å²) in [7, 11) is 1.34. The molecule has 2 aromatic carbocycles. The van der Waals surface area contributed by atoms with Gasteiger partial charge in [0.15, 0.2) is 5.82 Å². The van der Waals surface area contributed by atoms with Crippen molar-refractivity contribution in [2.75, 3.05) is 24.3 Å². The lowest BCUT2D eigenvalue weighted by Gasteiger charge is -2.10. The van der Waals surface area contributed by atoms with E-state index in [0.717, 1.165) is 19.4 Å². The molecular formula is C20H21N5O2. The summed E-state index contributed by atoms with van der Waals surface area (Å²) in [5.41, 5.74) is 2.28. The van der Waals surface area contributed by atoms with Crippen molar-refractivity contribution in [3.8, 4) is 0 Å². The van der Waals surface area contributed by atoms with Crippen molar-refractivity contribution in [3.63, 3.8) is 0 Å². The molecule has 0 fully saturated rings. The van der Waals surface area contributed by atoms with E-state index in [-0.39, 0.29) is 0 Å². The number of rotatable bonds is 8. The second-order valence-electron chi connectivity index (χ2n) is 5.84. The summed E-state index contributed by atoms with van der Waals surface area (Å²) >= 11 is 0. The third-order valence-corrected chi connectivity index (χ3v) is 3.93. The molecule has 0 unspecified atom stereocenters. The number of nitrogens with zero attached hydrogens (tertiary/aromatic N) is 3. The van der Waals surface area contributed by atoms with Gasteiger partial charge < -0.3 is 15.4 Å². The molecule has 3 rings (SSSR count). The number of carbonyl (C=O) groups is 1.